The Morgan fingerprint density at radius 3 is 2.04 bits per heavy atom. The van der Waals surface area contributed by atoms with Gasteiger partial charge in [0.2, 0.25) is 0 Å². The first-order chi connectivity index (χ1) is 11.1. The van der Waals surface area contributed by atoms with E-state index in [2.05, 4.69) is 5.92 Å². The highest BCUT2D eigenvalue weighted by molar-refractivity contribution is 6.30. The van der Waals surface area contributed by atoms with Crippen LogP contribution in [0.3, 0.4) is 0 Å². The Morgan fingerprint density at radius 1 is 0.783 bits per heavy atom. The lowest BCUT2D eigenvalue weighted by atomic mass is 9.86. The third-order valence-electron chi connectivity index (χ3n) is 3.86. The number of aliphatic hydroxyl groups is 1. The largest absolute Gasteiger partial charge is 0.369 e. The molecule has 1 N–H and O–H groups in total. The third-order valence-corrected chi connectivity index (χ3v) is 4.10. The van der Waals surface area contributed by atoms with Gasteiger partial charge in [-0.05, 0) is 23.3 Å². The second kappa shape index (κ2) is 6.30. The first kappa shape index (κ1) is 15.4. The van der Waals surface area contributed by atoms with Crippen LogP contribution in [-0.4, -0.2) is 5.11 Å². The average molecular weight is 319 g/mol. The molecule has 0 aliphatic heterocycles. The van der Waals surface area contributed by atoms with Crippen molar-refractivity contribution in [2.75, 3.05) is 0 Å². The van der Waals surface area contributed by atoms with E-state index in [0.29, 0.717) is 16.1 Å². The van der Waals surface area contributed by atoms with E-state index in [1.165, 1.54) is 0 Å². The van der Waals surface area contributed by atoms with Gasteiger partial charge in [-0.3, -0.25) is 0 Å². The van der Waals surface area contributed by atoms with Gasteiger partial charge in [0.1, 0.15) is 0 Å². The first-order valence-corrected chi connectivity index (χ1v) is 7.63. The van der Waals surface area contributed by atoms with Crippen molar-refractivity contribution in [1.82, 2.24) is 0 Å². The van der Waals surface area contributed by atoms with Gasteiger partial charge in [0.25, 0.3) is 0 Å². The molecule has 2 heteroatoms. The van der Waals surface area contributed by atoms with Crippen molar-refractivity contribution in [1.29, 1.82) is 0 Å². The SMILES string of the molecule is C#CC(O)(c1ccc(-c2ccccc2)cc1)c1cccc(Cl)c1. The molecule has 0 aliphatic carbocycles. The smallest absolute Gasteiger partial charge is 0.176 e. The van der Waals surface area contributed by atoms with E-state index >= 15 is 0 Å². The van der Waals surface area contributed by atoms with E-state index in [1.807, 2.05) is 54.6 Å². The summed E-state index contributed by atoms with van der Waals surface area (Å²) in [7, 11) is 0. The van der Waals surface area contributed by atoms with Crippen LogP contribution in [0.2, 0.25) is 5.02 Å². The highest BCUT2D eigenvalue weighted by atomic mass is 35.5. The molecule has 3 rings (SSSR count). The number of benzene rings is 3. The number of hydrogen-bond acceptors (Lipinski definition) is 1. The summed E-state index contributed by atoms with van der Waals surface area (Å²) in [6, 6.07) is 24.6. The van der Waals surface area contributed by atoms with Crippen LogP contribution in [0.4, 0.5) is 0 Å². The number of terminal acetylenes is 1. The molecular formula is C21H15ClO. The van der Waals surface area contributed by atoms with E-state index in [-0.39, 0.29) is 0 Å². The lowest BCUT2D eigenvalue weighted by molar-refractivity contribution is 0.145. The van der Waals surface area contributed by atoms with E-state index in [1.54, 1.807) is 24.3 Å². The van der Waals surface area contributed by atoms with Crippen LogP contribution in [-0.2, 0) is 5.60 Å². The zero-order chi connectivity index (χ0) is 16.3. The molecule has 1 atom stereocenters. The van der Waals surface area contributed by atoms with Crippen LogP contribution in [0.5, 0.6) is 0 Å². The minimum absolute atomic E-state index is 0.539. The summed E-state index contributed by atoms with van der Waals surface area (Å²) in [5, 5.41) is 11.5. The molecule has 0 amide bonds. The second-order valence-electron chi connectivity index (χ2n) is 5.31. The summed E-state index contributed by atoms with van der Waals surface area (Å²) in [5.41, 5.74) is 1.91. The second-order valence-corrected chi connectivity index (χ2v) is 5.74. The molecule has 0 radical (unpaired) electrons. The van der Waals surface area contributed by atoms with Crippen molar-refractivity contribution in [3.05, 3.63) is 95.0 Å². The van der Waals surface area contributed by atoms with Gasteiger partial charge >= 0.3 is 0 Å². The first-order valence-electron chi connectivity index (χ1n) is 7.25. The Hall–Kier alpha value is -2.53. The zero-order valence-corrected chi connectivity index (χ0v) is 13.2. The molecule has 1 unspecified atom stereocenters. The zero-order valence-electron chi connectivity index (χ0n) is 12.4. The van der Waals surface area contributed by atoms with Crippen molar-refractivity contribution < 1.29 is 5.11 Å². The van der Waals surface area contributed by atoms with Crippen molar-refractivity contribution >= 4 is 11.6 Å². The molecule has 112 valence electrons. The van der Waals surface area contributed by atoms with Crippen molar-refractivity contribution in [3.8, 4) is 23.5 Å². The summed E-state index contributed by atoms with van der Waals surface area (Å²) in [6.07, 6.45) is 5.63. The highest BCUT2D eigenvalue weighted by Gasteiger charge is 2.29. The fourth-order valence-electron chi connectivity index (χ4n) is 2.58. The monoisotopic (exact) mass is 318 g/mol. The minimum atomic E-state index is -1.50. The molecule has 3 aromatic rings. The molecule has 1 nitrogen and oxygen atoms in total. The lowest BCUT2D eigenvalue weighted by Gasteiger charge is -2.23. The predicted octanol–water partition coefficient (Wildman–Crippen LogP) is 4.88. The molecule has 0 saturated carbocycles. The van der Waals surface area contributed by atoms with Crippen LogP contribution in [0.15, 0.2) is 78.9 Å². The summed E-state index contributed by atoms with van der Waals surface area (Å²) < 4.78 is 0. The maximum Gasteiger partial charge on any atom is 0.176 e. The van der Waals surface area contributed by atoms with E-state index in [0.717, 1.165) is 11.1 Å². The summed E-state index contributed by atoms with van der Waals surface area (Å²) in [5.74, 6) is 2.49. The summed E-state index contributed by atoms with van der Waals surface area (Å²) >= 11 is 6.02. The van der Waals surface area contributed by atoms with Gasteiger partial charge in [-0.15, -0.1) is 6.42 Å². The number of halogens is 1. The van der Waals surface area contributed by atoms with Crippen molar-refractivity contribution in [2.45, 2.75) is 5.60 Å². The van der Waals surface area contributed by atoms with Crippen LogP contribution in [0.1, 0.15) is 11.1 Å². The van der Waals surface area contributed by atoms with Gasteiger partial charge in [0.15, 0.2) is 5.60 Å². The Labute approximate surface area is 141 Å². The predicted molar refractivity (Wildman–Crippen MR) is 95.2 cm³/mol. The molecule has 3 aromatic carbocycles. The van der Waals surface area contributed by atoms with E-state index < -0.39 is 5.60 Å². The summed E-state index contributed by atoms with van der Waals surface area (Å²) in [6.45, 7) is 0. The Morgan fingerprint density at radius 2 is 1.43 bits per heavy atom. The molecule has 0 saturated heterocycles. The van der Waals surface area contributed by atoms with Gasteiger partial charge in [0, 0.05) is 16.1 Å². The minimum Gasteiger partial charge on any atom is -0.369 e. The fourth-order valence-corrected chi connectivity index (χ4v) is 2.77. The Balaban J connectivity index is 2.01. The van der Waals surface area contributed by atoms with E-state index in [4.69, 9.17) is 18.0 Å². The molecule has 0 heterocycles. The van der Waals surface area contributed by atoms with Gasteiger partial charge < -0.3 is 5.11 Å². The van der Waals surface area contributed by atoms with Gasteiger partial charge in [-0.1, -0.05) is 84.3 Å². The van der Waals surface area contributed by atoms with Crippen molar-refractivity contribution in [3.63, 3.8) is 0 Å². The molecule has 23 heavy (non-hydrogen) atoms. The molecule has 0 fully saturated rings. The quantitative estimate of drug-likeness (QED) is 0.683. The van der Waals surface area contributed by atoms with Gasteiger partial charge in [-0.25, -0.2) is 0 Å². The molecule has 0 aliphatic rings. The maximum absolute atomic E-state index is 11.0. The Kier molecular flexibility index (Phi) is 4.21. The standard InChI is InChI=1S/C21H15ClO/c1-2-21(23,19-9-6-10-20(22)15-19)18-13-11-17(12-14-18)16-7-4-3-5-8-16/h1,3-15,23H. The van der Waals surface area contributed by atoms with Gasteiger partial charge in [0.05, 0.1) is 0 Å². The van der Waals surface area contributed by atoms with Crippen LogP contribution >= 0.6 is 11.6 Å². The van der Waals surface area contributed by atoms with Crippen LogP contribution < -0.4 is 0 Å². The maximum atomic E-state index is 11.0. The number of rotatable bonds is 3. The topological polar surface area (TPSA) is 20.2 Å². The van der Waals surface area contributed by atoms with Crippen LogP contribution in [0.25, 0.3) is 11.1 Å². The molecule has 0 spiro atoms. The molecule has 0 aromatic heterocycles. The number of hydrogen-bond donors (Lipinski definition) is 1. The van der Waals surface area contributed by atoms with E-state index in [9.17, 15) is 5.11 Å². The fraction of sp³-hybridized carbons (Fsp3) is 0.0476. The van der Waals surface area contributed by atoms with Gasteiger partial charge in [-0.2, -0.15) is 0 Å². The average Bonchev–Trinajstić information content (AvgIpc) is 2.62. The third kappa shape index (κ3) is 3.00. The summed E-state index contributed by atoms with van der Waals surface area (Å²) in [4.78, 5) is 0. The Bertz CT molecular complexity index is 847. The molecule has 0 bridgehead atoms. The highest BCUT2D eigenvalue weighted by Crippen LogP contribution is 2.32. The van der Waals surface area contributed by atoms with Crippen LogP contribution in [0, 0.1) is 12.3 Å². The molecular weight excluding hydrogens is 304 g/mol. The van der Waals surface area contributed by atoms with Crippen molar-refractivity contribution in [2.24, 2.45) is 0 Å². The lowest BCUT2D eigenvalue weighted by Crippen LogP contribution is -2.24. The normalized spacial score (nSPS) is 13.1.